The minimum absolute atomic E-state index is 0.00136. The average molecular weight is 473 g/mol. The number of halogens is 1. The van der Waals surface area contributed by atoms with Gasteiger partial charge in [-0.25, -0.2) is 4.98 Å². The number of fused-ring (bicyclic) bond motifs is 2. The number of para-hydroxylation sites is 1. The fourth-order valence-corrected chi connectivity index (χ4v) is 4.02. The van der Waals surface area contributed by atoms with Crippen LogP contribution in [-0.4, -0.2) is 15.5 Å². The van der Waals surface area contributed by atoms with Crippen LogP contribution in [0.5, 0.6) is 0 Å². The van der Waals surface area contributed by atoms with E-state index in [9.17, 15) is 9.59 Å². The first-order chi connectivity index (χ1) is 13.1. The van der Waals surface area contributed by atoms with Gasteiger partial charge >= 0.3 is 0 Å². The molecule has 1 amide bonds. The van der Waals surface area contributed by atoms with E-state index in [4.69, 9.17) is 4.98 Å². The third-order valence-corrected chi connectivity index (χ3v) is 5.89. The minimum Gasteiger partial charge on any atom is -0.321 e. The van der Waals surface area contributed by atoms with Crippen molar-refractivity contribution < 1.29 is 4.79 Å². The molecule has 0 saturated heterocycles. The van der Waals surface area contributed by atoms with Crippen LogP contribution in [0, 0.1) is 3.57 Å². The molecular formula is C21H20IN3O2. The van der Waals surface area contributed by atoms with Crippen LogP contribution in [-0.2, 0) is 13.0 Å². The van der Waals surface area contributed by atoms with Crippen LogP contribution in [0.1, 0.15) is 41.9 Å². The molecule has 6 heteroatoms. The maximum Gasteiger partial charge on any atom is 0.261 e. The van der Waals surface area contributed by atoms with Gasteiger partial charge in [-0.3, -0.25) is 14.2 Å². The lowest BCUT2D eigenvalue weighted by atomic mass is 10.1. The third kappa shape index (κ3) is 3.76. The van der Waals surface area contributed by atoms with Crippen molar-refractivity contribution in [2.75, 3.05) is 5.32 Å². The van der Waals surface area contributed by atoms with Crippen LogP contribution >= 0.6 is 22.6 Å². The van der Waals surface area contributed by atoms with E-state index in [-0.39, 0.29) is 11.5 Å². The highest BCUT2D eigenvalue weighted by atomic mass is 127. The number of anilines is 1. The number of hydrogen-bond donors (Lipinski definition) is 1. The molecule has 1 N–H and O–H groups in total. The highest BCUT2D eigenvalue weighted by Crippen LogP contribution is 2.20. The first-order valence-electron chi connectivity index (χ1n) is 9.23. The molecular weight excluding hydrogens is 453 g/mol. The normalized spacial score (nSPS) is 14.3. The van der Waals surface area contributed by atoms with E-state index >= 15 is 0 Å². The lowest BCUT2D eigenvalue weighted by Crippen LogP contribution is -2.26. The lowest BCUT2D eigenvalue weighted by Gasteiger charge is -2.16. The number of aromatic nitrogens is 2. The zero-order valence-corrected chi connectivity index (χ0v) is 17.0. The molecule has 0 spiro atoms. The van der Waals surface area contributed by atoms with Crippen LogP contribution in [0.3, 0.4) is 0 Å². The van der Waals surface area contributed by atoms with Gasteiger partial charge in [-0.1, -0.05) is 25.0 Å². The van der Waals surface area contributed by atoms with Crippen LogP contribution in [0.4, 0.5) is 5.69 Å². The minimum atomic E-state index is -0.199. The highest BCUT2D eigenvalue weighted by molar-refractivity contribution is 14.1. The number of hydrogen-bond acceptors (Lipinski definition) is 3. The number of carbonyl (C=O) groups excluding carboxylic acids is 1. The molecule has 3 aromatic rings. The Morgan fingerprint density at radius 2 is 1.89 bits per heavy atom. The predicted octanol–water partition coefficient (Wildman–Crippen LogP) is 4.37. The van der Waals surface area contributed by atoms with Crippen molar-refractivity contribution in [3.63, 3.8) is 0 Å². The molecule has 138 valence electrons. The summed E-state index contributed by atoms with van der Waals surface area (Å²) < 4.78 is 2.79. The highest BCUT2D eigenvalue weighted by Gasteiger charge is 2.15. The molecule has 1 aromatic heterocycles. The Balaban J connectivity index is 1.71. The number of aryl methyl sites for hydroxylation is 1. The summed E-state index contributed by atoms with van der Waals surface area (Å²) >= 11 is 2.19. The number of benzene rings is 2. The van der Waals surface area contributed by atoms with Gasteiger partial charge in [-0.2, -0.15) is 0 Å². The summed E-state index contributed by atoms with van der Waals surface area (Å²) in [5.41, 5.74) is 1.88. The molecule has 27 heavy (non-hydrogen) atoms. The molecule has 1 aliphatic rings. The van der Waals surface area contributed by atoms with E-state index in [1.807, 2.05) is 28.8 Å². The van der Waals surface area contributed by atoms with Gasteiger partial charge in [0, 0.05) is 22.1 Å². The van der Waals surface area contributed by atoms with Crippen molar-refractivity contribution >= 4 is 45.1 Å². The van der Waals surface area contributed by atoms with Crippen molar-refractivity contribution in [2.45, 2.75) is 38.6 Å². The molecule has 0 unspecified atom stereocenters. The van der Waals surface area contributed by atoms with E-state index in [2.05, 4.69) is 27.9 Å². The molecule has 0 bridgehead atoms. The topological polar surface area (TPSA) is 64.0 Å². The smallest absolute Gasteiger partial charge is 0.261 e. The standard InChI is InChI=1S/C21H20IN3O2/c22-16-7-4-5-8-17(16)24-20(26)14-10-11-15-18(13-14)23-19-9-3-1-2-6-12-25(19)21(15)27/h4-5,7-8,10-11,13H,1-3,6,9,12H2,(H,24,26). The Labute approximate surface area is 171 Å². The molecule has 0 aliphatic carbocycles. The SMILES string of the molecule is O=C(Nc1ccccc1I)c1ccc2c(=O)n3c(nc2c1)CCCCCC3. The van der Waals surface area contributed by atoms with Gasteiger partial charge < -0.3 is 5.32 Å². The van der Waals surface area contributed by atoms with Crippen molar-refractivity contribution in [1.82, 2.24) is 9.55 Å². The van der Waals surface area contributed by atoms with E-state index < -0.39 is 0 Å². The molecule has 2 heterocycles. The predicted molar refractivity (Wildman–Crippen MR) is 115 cm³/mol. The van der Waals surface area contributed by atoms with Crippen LogP contribution in [0.25, 0.3) is 10.9 Å². The Bertz CT molecular complexity index is 1070. The summed E-state index contributed by atoms with van der Waals surface area (Å²) in [6.07, 6.45) is 5.19. The summed E-state index contributed by atoms with van der Waals surface area (Å²) in [5, 5.41) is 3.50. The van der Waals surface area contributed by atoms with Crippen molar-refractivity contribution in [1.29, 1.82) is 0 Å². The fourth-order valence-electron chi connectivity index (χ4n) is 3.49. The molecule has 0 atom stereocenters. The zero-order chi connectivity index (χ0) is 18.8. The van der Waals surface area contributed by atoms with E-state index in [0.29, 0.717) is 16.5 Å². The second-order valence-corrected chi connectivity index (χ2v) is 7.98. The van der Waals surface area contributed by atoms with Gasteiger partial charge in [0.1, 0.15) is 5.82 Å². The maximum absolute atomic E-state index is 12.9. The molecule has 1 aliphatic heterocycles. The largest absolute Gasteiger partial charge is 0.321 e. The Morgan fingerprint density at radius 1 is 1.07 bits per heavy atom. The second kappa shape index (κ2) is 7.80. The van der Waals surface area contributed by atoms with Crippen molar-refractivity contribution in [3.8, 4) is 0 Å². The van der Waals surface area contributed by atoms with E-state index in [0.717, 1.165) is 47.3 Å². The van der Waals surface area contributed by atoms with Crippen molar-refractivity contribution in [2.24, 2.45) is 0 Å². The van der Waals surface area contributed by atoms with Gasteiger partial charge in [0.25, 0.3) is 11.5 Å². The first kappa shape index (κ1) is 18.2. The van der Waals surface area contributed by atoms with Gasteiger partial charge in [0.2, 0.25) is 0 Å². The van der Waals surface area contributed by atoms with Gasteiger partial charge in [-0.05, 0) is 65.8 Å². The van der Waals surface area contributed by atoms with E-state index in [1.165, 1.54) is 6.42 Å². The average Bonchev–Trinajstić information content (AvgIpc) is 2.65. The molecule has 4 rings (SSSR count). The second-order valence-electron chi connectivity index (χ2n) is 6.81. The zero-order valence-electron chi connectivity index (χ0n) is 14.9. The first-order valence-corrected chi connectivity index (χ1v) is 10.3. The van der Waals surface area contributed by atoms with Gasteiger partial charge in [-0.15, -0.1) is 0 Å². The summed E-state index contributed by atoms with van der Waals surface area (Å²) in [6, 6.07) is 12.8. The van der Waals surface area contributed by atoms with Crippen LogP contribution < -0.4 is 10.9 Å². The quantitative estimate of drug-likeness (QED) is 0.563. The molecule has 0 saturated carbocycles. The number of nitrogens with zero attached hydrogens (tertiary/aromatic N) is 2. The Kier molecular flexibility index (Phi) is 5.24. The lowest BCUT2D eigenvalue weighted by molar-refractivity contribution is 0.102. The molecule has 2 aromatic carbocycles. The third-order valence-electron chi connectivity index (χ3n) is 4.95. The summed E-state index contributed by atoms with van der Waals surface area (Å²) in [6.45, 7) is 0.728. The van der Waals surface area contributed by atoms with E-state index in [1.54, 1.807) is 18.2 Å². The van der Waals surface area contributed by atoms with Gasteiger partial charge in [0.05, 0.1) is 16.6 Å². The number of carbonyl (C=O) groups is 1. The molecule has 5 nitrogen and oxygen atoms in total. The number of rotatable bonds is 2. The van der Waals surface area contributed by atoms with Crippen LogP contribution in [0.15, 0.2) is 47.3 Å². The maximum atomic E-state index is 12.9. The summed E-state index contributed by atoms with van der Waals surface area (Å²) in [4.78, 5) is 30.3. The van der Waals surface area contributed by atoms with Crippen LogP contribution in [0.2, 0.25) is 0 Å². The monoisotopic (exact) mass is 473 g/mol. The van der Waals surface area contributed by atoms with Gasteiger partial charge in [0.15, 0.2) is 0 Å². The summed E-state index contributed by atoms with van der Waals surface area (Å²) in [5.74, 6) is 0.636. The fraction of sp³-hybridized carbons (Fsp3) is 0.286. The molecule has 0 fully saturated rings. The number of amides is 1. The Morgan fingerprint density at radius 3 is 2.74 bits per heavy atom. The van der Waals surface area contributed by atoms with Crippen molar-refractivity contribution in [3.05, 3.63) is 67.8 Å². The summed E-state index contributed by atoms with van der Waals surface area (Å²) in [7, 11) is 0. The Hall–Kier alpha value is -2.22. The number of nitrogens with one attached hydrogen (secondary N) is 1. The molecule has 0 radical (unpaired) electrons.